The second-order valence-corrected chi connectivity index (χ2v) is 6.14. The number of hydrogen-bond acceptors (Lipinski definition) is 2. The number of hydrogen-bond donors (Lipinski definition) is 0. The quantitative estimate of drug-likeness (QED) is 0.863. The minimum absolute atomic E-state index is 0.184. The molecule has 2 aromatic carbocycles. The Hall–Kier alpha value is -1.88. The van der Waals surface area contributed by atoms with Gasteiger partial charge < -0.3 is 0 Å². The smallest absolute Gasteiger partial charge is 0.232 e. The van der Waals surface area contributed by atoms with Crippen molar-refractivity contribution in [2.75, 3.05) is 10.6 Å². The van der Waals surface area contributed by atoms with Crippen molar-refractivity contribution in [3.63, 3.8) is 0 Å². The van der Waals surface area contributed by atoms with Crippen molar-refractivity contribution in [2.45, 2.75) is 6.54 Å². The summed E-state index contributed by atoms with van der Waals surface area (Å²) in [6.07, 6.45) is 1.16. The van der Waals surface area contributed by atoms with Crippen LogP contribution >= 0.6 is 0 Å². The molecule has 0 heterocycles. The van der Waals surface area contributed by atoms with Gasteiger partial charge in [-0.05, 0) is 29.8 Å². The van der Waals surface area contributed by atoms with Crippen molar-refractivity contribution in [3.8, 4) is 0 Å². The van der Waals surface area contributed by atoms with Crippen LogP contribution in [0, 0.1) is 5.82 Å². The molecule has 0 radical (unpaired) electrons. The molecule has 3 nitrogen and oxygen atoms in total. The van der Waals surface area contributed by atoms with Gasteiger partial charge in [0.15, 0.2) is 0 Å². The van der Waals surface area contributed by atoms with Crippen LogP contribution in [0.2, 0.25) is 0 Å². The second-order valence-electron chi connectivity index (χ2n) is 4.23. The van der Waals surface area contributed by atoms with Crippen LogP contribution in [0.4, 0.5) is 10.1 Å². The van der Waals surface area contributed by atoms with Crippen molar-refractivity contribution in [1.82, 2.24) is 0 Å². The Morgan fingerprint density at radius 1 is 1.00 bits per heavy atom. The van der Waals surface area contributed by atoms with Gasteiger partial charge in [0.2, 0.25) is 10.0 Å². The highest BCUT2D eigenvalue weighted by Gasteiger charge is 2.17. The summed E-state index contributed by atoms with van der Waals surface area (Å²) in [5.41, 5.74) is 1.32. The lowest BCUT2D eigenvalue weighted by Crippen LogP contribution is -2.29. The maximum absolute atomic E-state index is 12.8. The van der Waals surface area contributed by atoms with Gasteiger partial charge in [-0.3, -0.25) is 4.31 Å². The average molecular weight is 279 g/mol. The Balaban J connectivity index is 2.33. The molecule has 0 spiro atoms. The van der Waals surface area contributed by atoms with E-state index in [0.29, 0.717) is 5.69 Å². The van der Waals surface area contributed by atoms with Crippen LogP contribution < -0.4 is 4.31 Å². The van der Waals surface area contributed by atoms with E-state index in [0.717, 1.165) is 11.8 Å². The van der Waals surface area contributed by atoms with E-state index >= 15 is 0 Å². The molecule has 0 atom stereocenters. The fourth-order valence-electron chi connectivity index (χ4n) is 1.75. The topological polar surface area (TPSA) is 37.4 Å². The van der Waals surface area contributed by atoms with E-state index < -0.39 is 10.0 Å². The molecule has 0 saturated heterocycles. The minimum Gasteiger partial charge on any atom is -0.266 e. The molecule has 0 unspecified atom stereocenters. The fraction of sp³-hybridized carbons (Fsp3) is 0.143. The number of halogens is 1. The maximum atomic E-state index is 12.8. The zero-order valence-electron chi connectivity index (χ0n) is 10.5. The van der Waals surface area contributed by atoms with Crippen LogP contribution in [-0.4, -0.2) is 14.7 Å². The first-order valence-electron chi connectivity index (χ1n) is 5.74. The summed E-state index contributed by atoms with van der Waals surface area (Å²) in [7, 11) is -3.39. The molecule has 0 aliphatic heterocycles. The molecule has 0 aliphatic carbocycles. The highest BCUT2D eigenvalue weighted by molar-refractivity contribution is 7.92. The predicted octanol–water partition coefficient (Wildman–Crippen LogP) is 2.79. The Morgan fingerprint density at radius 2 is 1.58 bits per heavy atom. The zero-order valence-corrected chi connectivity index (χ0v) is 11.3. The highest BCUT2D eigenvalue weighted by atomic mass is 32.2. The van der Waals surface area contributed by atoms with Crippen LogP contribution in [0.25, 0.3) is 0 Å². The first-order valence-corrected chi connectivity index (χ1v) is 7.59. The number of para-hydroxylation sites is 1. The van der Waals surface area contributed by atoms with Crippen LogP contribution in [0.5, 0.6) is 0 Å². The molecule has 0 N–H and O–H groups in total. The molecule has 0 saturated carbocycles. The summed E-state index contributed by atoms with van der Waals surface area (Å²) in [6, 6.07) is 14.6. The molecule has 0 bridgehead atoms. The summed E-state index contributed by atoms with van der Waals surface area (Å²) in [5, 5.41) is 0. The van der Waals surface area contributed by atoms with E-state index in [-0.39, 0.29) is 12.4 Å². The van der Waals surface area contributed by atoms with E-state index in [1.165, 1.54) is 16.4 Å². The Kier molecular flexibility index (Phi) is 3.85. The van der Waals surface area contributed by atoms with E-state index in [9.17, 15) is 12.8 Å². The molecule has 2 aromatic rings. The number of sulfonamides is 1. The van der Waals surface area contributed by atoms with Gasteiger partial charge in [0.25, 0.3) is 0 Å². The van der Waals surface area contributed by atoms with E-state index in [2.05, 4.69) is 0 Å². The van der Waals surface area contributed by atoms with Crippen LogP contribution in [0.3, 0.4) is 0 Å². The number of nitrogens with zero attached hydrogens (tertiary/aromatic N) is 1. The van der Waals surface area contributed by atoms with Crippen LogP contribution in [0.1, 0.15) is 5.56 Å². The zero-order chi connectivity index (χ0) is 13.9. The van der Waals surface area contributed by atoms with Crippen molar-refractivity contribution in [3.05, 3.63) is 66.0 Å². The molecule has 0 aliphatic rings. The third-order valence-corrected chi connectivity index (χ3v) is 3.82. The van der Waals surface area contributed by atoms with Crippen molar-refractivity contribution in [1.29, 1.82) is 0 Å². The second kappa shape index (κ2) is 5.40. The lowest BCUT2D eigenvalue weighted by Gasteiger charge is -2.22. The van der Waals surface area contributed by atoms with Gasteiger partial charge in [-0.2, -0.15) is 0 Å². The number of rotatable bonds is 4. The Bertz CT molecular complexity index is 639. The molecule has 2 rings (SSSR count). The molecule has 0 aromatic heterocycles. The third-order valence-electron chi connectivity index (χ3n) is 2.68. The van der Waals surface area contributed by atoms with Gasteiger partial charge in [-0.25, -0.2) is 12.8 Å². The molecular formula is C14H14FNO2S. The monoisotopic (exact) mass is 279 g/mol. The van der Waals surface area contributed by atoms with Gasteiger partial charge in [-0.1, -0.05) is 30.3 Å². The molecular weight excluding hydrogens is 265 g/mol. The first-order chi connectivity index (χ1) is 8.97. The molecule has 0 fully saturated rings. The lowest BCUT2D eigenvalue weighted by molar-refractivity contribution is 0.596. The minimum atomic E-state index is -3.39. The molecule has 5 heteroatoms. The van der Waals surface area contributed by atoms with E-state index in [4.69, 9.17) is 0 Å². The van der Waals surface area contributed by atoms with Gasteiger partial charge in [0.05, 0.1) is 18.5 Å². The molecule has 0 amide bonds. The maximum Gasteiger partial charge on any atom is 0.232 e. The van der Waals surface area contributed by atoms with E-state index in [1.807, 2.05) is 6.07 Å². The summed E-state index contributed by atoms with van der Waals surface area (Å²) in [4.78, 5) is 0. The van der Waals surface area contributed by atoms with E-state index in [1.54, 1.807) is 36.4 Å². The largest absolute Gasteiger partial charge is 0.266 e. The SMILES string of the molecule is CS(=O)(=O)N(Cc1ccc(F)cc1)c1ccccc1. The van der Waals surface area contributed by atoms with Gasteiger partial charge >= 0.3 is 0 Å². The van der Waals surface area contributed by atoms with Crippen molar-refractivity contribution >= 4 is 15.7 Å². The standard InChI is InChI=1S/C14H14FNO2S/c1-19(17,18)16(14-5-3-2-4-6-14)11-12-7-9-13(15)10-8-12/h2-10H,11H2,1H3. The fourth-order valence-corrected chi connectivity index (χ4v) is 2.64. The summed E-state index contributed by atoms with van der Waals surface area (Å²) in [5.74, 6) is -0.339. The molecule has 100 valence electrons. The van der Waals surface area contributed by atoms with Crippen LogP contribution in [0.15, 0.2) is 54.6 Å². The average Bonchev–Trinajstić information content (AvgIpc) is 2.37. The molecule has 19 heavy (non-hydrogen) atoms. The van der Waals surface area contributed by atoms with Crippen molar-refractivity contribution in [2.24, 2.45) is 0 Å². The predicted molar refractivity (Wildman–Crippen MR) is 73.9 cm³/mol. The summed E-state index contributed by atoms with van der Waals surface area (Å²) < 4.78 is 37.9. The van der Waals surface area contributed by atoms with Crippen LogP contribution in [-0.2, 0) is 16.6 Å². The highest BCUT2D eigenvalue weighted by Crippen LogP contribution is 2.20. The Labute approximate surface area is 112 Å². The lowest BCUT2D eigenvalue weighted by atomic mass is 10.2. The van der Waals surface area contributed by atoms with Gasteiger partial charge in [-0.15, -0.1) is 0 Å². The van der Waals surface area contributed by atoms with Gasteiger partial charge in [0.1, 0.15) is 5.82 Å². The van der Waals surface area contributed by atoms with Crippen molar-refractivity contribution < 1.29 is 12.8 Å². The number of benzene rings is 2. The normalized spacial score (nSPS) is 11.3. The number of anilines is 1. The first kappa shape index (κ1) is 13.5. The summed E-state index contributed by atoms with van der Waals surface area (Å²) in [6.45, 7) is 0.184. The summed E-state index contributed by atoms with van der Waals surface area (Å²) >= 11 is 0. The Morgan fingerprint density at radius 3 is 2.11 bits per heavy atom. The third kappa shape index (κ3) is 3.54. The van der Waals surface area contributed by atoms with Gasteiger partial charge in [0, 0.05) is 0 Å².